The molecule has 0 radical (unpaired) electrons. The highest BCUT2D eigenvalue weighted by atomic mass is 16.5. The van der Waals surface area contributed by atoms with Crippen molar-refractivity contribution in [2.24, 2.45) is 0 Å². The maximum atomic E-state index is 6.09. The van der Waals surface area contributed by atoms with E-state index in [1.54, 1.807) is 0 Å². The highest BCUT2D eigenvalue weighted by Gasteiger charge is 2.33. The summed E-state index contributed by atoms with van der Waals surface area (Å²) in [7, 11) is 2.23. The Kier molecular flexibility index (Phi) is 4.39. The van der Waals surface area contributed by atoms with Gasteiger partial charge in [-0.1, -0.05) is 31.2 Å². The zero-order chi connectivity index (χ0) is 13.9. The molecule has 1 aromatic rings. The van der Waals surface area contributed by atoms with Gasteiger partial charge in [0.15, 0.2) is 0 Å². The van der Waals surface area contributed by atoms with E-state index in [4.69, 9.17) is 4.74 Å². The van der Waals surface area contributed by atoms with Crippen LogP contribution in [0.15, 0.2) is 24.3 Å². The Morgan fingerprint density at radius 2 is 2.10 bits per heavy atom. The molecule has 0 amide bonds. The number of ether oxygens (including phenoxy) is 1. The second kappa shape index (κ2) is 6.25. The summed E-state index contributed by atoms with van der Waals surface area (Å²) in [5.74, 6) is 0. The van der Waals surface area contributed by atoms with Crippen molar-refractivity contribution in [2.45, 2.75) is 44.4 Å². The highest BCUT2D eigenvalue weighted by molar-refractivity contribution is 5.31. The van der Waals surface area contributed by atoms with Gasteiger partial charge in [0, 0.05) is 19.1 Å². The second-order valence-electron chi connectivity index (χ2n) is 6.07. The fourth-order valence-corrected chi connectivity index (χ4v) is 3.19. The van der Waals surface area contributed by atoms with E-state index >= 15 is 0 Å². The molecule has 2 fully saturated rings. The molecular weight excluding hydrogens is 248 g/mol. The van der Waals surface area contributed by atoms with Crippen LogP contribution in [0.25, 0.3) is 0 Å². The number of nitrogens with zero attached hydrogens (tertiary/aromatic N) is 1. The Morgan fingerprint density at radius 1 is 1.30 bits per heavy atom. The lowest BCUT2D eigenvalue weighted by molar-refractivity contribution is -0.0617. The number of hydrogen-bond donors (Lipinski definition) is 1. The van der Waals surface area contributed by atoms with Crippen molar-refractivity contribution in [2.75, 3.05) is 26.7 Å². The number of aryl methyl sites for hydroxylation is 1. The second-order valence-corrected chi connectivity index (χ2v) is 6.07. The lowest BCUT2D eigenvalue weighted by Crippen LogP contribution is -2.48. The standard InChI is InChI=1S/C17H26N2O/c1-3-13-6-4-5-7-15(13)17-16(12-18-14-8-9-14)20-11-10-19(17)2/h4-7,14,16-18H,3,8-12H2,1-2H3. The smallest absolute Gasteiger partial charge is 0.0896 e. The van der Waals surface area contributed by atoms with E-state index in [-0.39, 0.29) is 6.10 Å². The third-order valence-electron chi connectivity index (χ3n) is 4.54. The third-order valence-corrected chi connectivity index (χ3v) is 4.54. The van der Waals surface area contributed by atoms with E-state index in [0.29, 0.717) is 6.04 Å². The zero-order valence-electron chi connectivity index (χ0n) is 12.6. The summed E-state index contributed by atoms with van der Waals surface area (Å²) in [5, 5.41) is 3.63. The number of nitrogens with one attached hydrogen (secondary N) is 1. The topological polar surface area (TPSA) is 24.5 Å². The van der Waals surface area contributed by atoms with Crippen LogP contribution >= 0.6 is 0 Å². The molecular formula is C17H26N2O. The maximum Gasteiger partial charge on any atom is 0.0896 e. The first-order valence-electron chi connectivity index (χ1n) is 7.92. The van der Waals surface area contributed by atoms with Gasteiger partial charge in [-0.25, -0.2) is 0 Å². The Morgan fingerprint density at radius 3 is 2.85 bits per heavy atom. The van der Waals surface area contributed by atoms with Crippen molar-refractivity contribution in [3.8, 4) is 0 Å². The normalized spacial score (nSPS) is 27.7. The fourth-order valence-electron chi connectivity index (χ4n) is 3.19. The molecule has 1 aliphatic carbocycles. The summed E-state index contributed by atoms with van der Waals surface area (Å²) in [6.45, 7) is 5.07. The van der Waals surface area contributed by atoms with Gasteiger partial charge < -0.3 is 10.1 Å². The molecule has 1 aromatic carbocycles. The molecule has 3 rings (SSSR count). The Labute approximate surface area is 122 Å². The lowest BCUT2D eigenvalue weighted by Gasteiger charge is -2.40. The van der Waals surface area contributed by atoms with Gasteiger partial charge in [0.25, 0.3) is 0 Å². The molecule has 3 heteroatoms. The zero-order valence-corrected chi connectivity index (χ0v) is 12.6. The summed E-state index contributed by atoms with van der Waals surface area (Å²) in [4.78, 5) is 2.46. The van der Waals surface area contributed by atoms with Crippen molar-refractivity contribution >= 4 is 0 Å². The number of likely N-dealkylation sites (N-methyl/N-ethyl adjacent to an activating group) is 1. The van der Waals surface area contributed by atoms with Gasteiger partial charge in [-0.2, -0.15) is 0 Å². The van der Waals surface area contributed by atoms with Gasteiger partial charge in [-0.3, -0.25) is 4.90 Å². The monoisotopic (exact) mass is 274 g/mol. The Balaban J connectivity index is 1.80. The maximum absolute atomic E-state index is 6.09. The summed E-state index contributed by atoms with van der Waals surface area (Å²) in [6.07, 6.45) is 4.02. The van der Waals surface area contributed by atoms with Crippen LogP contribution in [0, 0.1) is 0 Å². The van der Waals surface area contributed by atoms with Crippen LogP contribution in [0.3, 0.4) is 0 Å². The van der Waals surface area contributed by atoms with Crippen LogP contribution in [-0.4, -0.2) is 43.8 Å². The lowest BCUT2D eigenvalue weighted by atomic mass is 9.92. The van der Waals surface area contributed by atoms with E-state index in [9.17, 15) is 0 Å². The van der Waals surface area contributed by atoms with Gasteiger partial charge in [0.1, 0.15) is 0 Å². The van der Waals surface area contributed by atoms with E-state index in [2.05, 4.69) is 48.5 Å². The minimum atomic E-state index is 0.266. The first kappa shape index (κ1) is 14.1. The first-order chi connectivity index (χ1) is 9.79. The first-order valence-corrected chi connectivity index (χ1v) is 7.92. The number of hydrogen-bond acceptors (Lipinski definition) is 3. The van der Waals surface area contributed by atoms with Crippen LogP contribution < -0.4 is 5.32 Å². The van der Waals surface area contributed by atoms with Crippen LogP contribution in [0.2, 0.25) is 0 Å². The molecule has 3 nitrogen and oxygen atoms in total. The van der Waals surface area contributed by atoms with Crippen molar-refractivity contribution in [3.05, 3.63) is 35.4 Å². The van der Waals surface area contributed by atoms with E-state index in [0.717, 1.165) is 32.2 Å². The SMILES string of the molecule is CCc1ccccc1C1C(CNC2CC2)OCCN1C. The molecule has 2 atom stereocenters. The average molecular weight is 274 g/mol. The van der Waals surface area contributed by atoms with E-state index < -0.39 is 0 Å². The molecule has 0 spiro atoms. The van der Waals surface area contributed by atoms with E-state index in [1.807, 2.05) is 0 Å². The highest BCUT2D eigenvalue weighted by Crippen LogP contribution is 2.31. The summed E-state index contributed by atoms with van der Waals surface area (Å²) in [5.41, 5.74) is 2.89. The molecule has 2 unspecified atom stereocenters. The number of rotatable bonds is 5. The predicted octanol–water partition coefficient (Wildman–Crippen LogP) is 2.37. The molecule has 0 aromatic heterocycles. The number of benzene rings is 1. The molecule has 1 N–H and O–H groups in total. The molecule has 1 heterocycles. The van der Waals surface area contributed by atoms with Gasteiger partial charge in [-0.05, 0) is 37.4 Å². The average Bonchev–Trinajstić information content (AvgIpc) is 3.29. The molecule has 0 bridgehead atoms. The summed E-state index contributed by atoms with van der Waals surface area (Å²) in [6, 6.07) is 9.95. The van der Waals surface area contributed by atoms with Crippen molar-refractivity contribution in [1.82, 2.24) is 10.2 Å². The summed E-state index contributed by atoms with van der Waals surface area (Å²) < 4.78 is 6.09. The van der Waals surface area contributed by atoms with Crippen molar-refractivity contribution < 1.29 is 4.74 Å². The number of morpholine rings is 1. The van der Waals surface area contributed by atoms with Crippen LogP contribution in [-0.2, 0) is 11.2 Å². The minimum Gasteiger partial charge on any atom is -0.374 e. The van der Waals surface area contributed by atoms with E-state index in [1.165, 1.54) is 24.0 Å². The van der Waals surface area contributed by atoms with Gasteiger partial charge >= 0.3 is 0 Å². The molecule has 20 heavy (non-hydrogen) atoms. The Hall–Kier alpha value is -0.900. The quantitative estimate of drug-likeness (QED) is 0.892. The van der Waals surface area contributed by atoms with Crippen molar-refractivity contribution in [3.63, 3.8) is 0 Å². The van der Waals surface area contributed by atoms with Gasteiger partial charge in [0.05, 0.1) is 18.8 Å². The van der Waals surface area contributed by atoms with Gasteiger partial charge in [-0.15, -0.1) is 0 Å². The molecule has 110 valence electrons. The minimum absolute atomic E-state index is 0.266. The van der Waals surface area contributed by atoms with Crippen LogP contribution in [0.1, 0.15) is 36.9 Å². The third kappa shape index (κ3) is 3.05. The van der Waals surface area contributed by atoms with Crippen molar-refractivity contribution in [1.29, 1.82) is 0 Å². The van der Waals surface area contributed by atoms with Gasteiger partial charge in [0.2, 0.25) is 0 Å². The molecule has 1 saturated heterocycles. The molecule has 1 saturated carbocycles. The molecule has 1 aliphatic heterocycles. The fraction of sp³-hybridized carbons (Fsp3) is 0.647. The Bertz CT molecular complexity index is 444. The van der Waals surface area contributed by atoms with Crippen LogP contribution in [0.4, 0.5) is 0 Å². The molecule has 2 aliphatic rings. The summed E-state index contributed by atoms with van der Waals surface area (Å²) >= 11 is 0. The predicted molar refractivity (Wildman–Crippen MR) is 82.0 cm³/mol. The largest absolute Gasteiger partial charge is 0.374 e. The van der Waals surface area contributed by atoms with Crippen LogP contribution in [0.5, 0.6) is 0 Å².